The Labute approximate surface area is 130 Å². The van der Waals surface area contributed by atoms with E-state index in [0.29, 0.717) is 23.9 Å². The average Bonchev–Trinajstić information content (AvgIpc) is 2.81. The van der Waals surface area contributed by atoms with Crippen LogP contribution in [0.1, 0.15) is 26.5 Å². The van der Waals surface area contributed by atoms with Gasteiger partial charge in [0, 0.05) is 42.0 Å². The average molecular weight is 337 g/mol. The van der Waals surface area contributed by atoms with E-state index >= 15 is 0 Å². The molecular weight excluding hydrogens is 316 g/mol. The van der Waals surface area contributed by atoms with E-state index in [1.807, 2.05) is 23.3 Å². The summed E-state index contributed by atoms with van der Waals surface area (Å²) in [5.41, 5.74) is 0.846. The molecular formula is C13H21ClN2O2S2. The number of thioether (sulfide) groups is 1. The fraction of sp³-hybridized carbons (Fsp3) is 0.692. The molecule has 1 saturated heterocycles. The molecule has 0 aromatic carbocycles. The third-order valence-corrected chi connectivity index (χ3v) is 6.85. The maximum atomic E-state index is 12.7. The second kappa shape index (κ2) is 5.91. The summed E-state index contributed by atoms with van der Waals surface area (Å²) in [5, 5.41) is 0. The van der Waals surface area contributed by atoms with Gasteiger partial charge in [0.25, 0.3) is 0 Å². The summed E-state index contributed by atoms with van der Waals surface area (Å²) in [6, 6.07) is 1.70. The van der Waals surface area contributed by atoms with Gasteiger partial charge < -0.3 is 4.57 Å². The predicted octanol–water partition coefficient (Wildman–Crippen LogP) is 2.76. The van der Waals surface area contributed by atoms with Crippen molar-refractivity contribution >= 4 is 33.4 Å². The molecule has 1 aliphatic heterocycles. The highest BCUT2D eigenvalue weighted by Crippen LogP contribution is 2.32. The largest absolute Gasteiger partial charge is 0.349 e. The molecule has 1 aromatic heterocycles. The van der Waals surface area contributed by atoms with Crippen molar-refractivity contribution < 1.29 is 8.42 Å². The molecule has 0 atom stereocenters. The molecule has 0 saturated carbocycles. The zero-order valence-corrected chi connectivity index (χ0v) is 14.5. The zero-order valence-electron chi connectivity index (χ0n) is 12.1. The van der Waals surface area contributed by atoms with Gasteiger partial charge in [-0.15, -0.1) is 11.6 Å². The molecule has 0 spiro atoms. The number of aryl methyl sites for hydroxylation is 1. The fourth-order valence-corrected chi connectivity index (χ4v) is 5.61. The van der Waals surface area contributed by atoms with Gasteiger partial charge in [-0.3, -0.25) is 0 Å². The van der Waals surface area contributed by atoms with Crippen molar-refractivity contribution in [1.82, 2.24) is 8.87 Å². The van der Waals surface area contributed by atoms with E-state index in [4.69, 9.17) is 11.6 Å². The van der Waals surface area contributed by atoms with Gasteiger partial charge >= 0.3 is 0 Å². The normalized spacial score (nSPS) is 20.2. The minimum atomic E-state index is -3.41. The summed E-state index contributed by atoms with van der Waals surface area (Å²) < 4.78 is 28.9. The predicted molar refractivity (Wildman–Crippen MR) is 85.0 cm³/mol. The molecule has 7 heteroatoms. The van der Waals surface area contributed by atoms with Crippen molar-refractivity contribution in [3.05, 3.63) is 18.0 Å². The van der Waals surface area contributed by atoms with Crippen molar-refractivity contribution in [1.29, 1.82) is 0 Å². The Kier molecular flexibility index (Phi) is 4.79. The molecule has 2 heterocycles. The Morgan fingerprint density at radius 2 is 2.15 bits per heavy atom. The molecule has 1 aromatic rings. The molecule has 4 nitrogen and oxygen atoms in total. The summed E-state index contributed by atoms with van der Waals surface area (Å²) in [7, 11) is -3.41. The first-order valence-corrected chi connectivity index (χ1v) is 9.65. The van der Waals surface area contributed by atoms with Crippen LogP contribution in [0.2, 0.25) is 0 Å². The third kappa shape index (κ3) is 3.18. The Bertz CT molecular complexity index is 560. The van der Waals surface area contributed by atoms with E-state index in [-0.39, 0.29) is 4.75 Å². The van der Waals surface area contributed by atoms with E-state index in [9.17, 15) is 8.42 Å². The van der Waals surface area contributed by atoms with E-state index in [2.05, 4.69) is 13.8 Å². The Balaban J connectivity index is 2.32. The molecule has 0 unspecified atom stereocenters. The highest BCUT2D eigenvalue weighted by molar-refractivity contribution is 8.00. The van der Waals surface area contributed by atoms with Crippen LogP contribution >= 0.6 is 23.4 Å². The van der Waals surface area contributed by atoms with Gasteiger partial charge in [0.2, 0.25) is 10.0 Å². The first-order valence-electron chi connectivity index (χ1n) is 6.69. The number of halogens is 1. The maximum absolute atomic E-state index is 12.7. The summed E-state index contributed by atoms with van der Waals surface area (Å²) >= 11 is 7.69. The van der Waals surface area contributed by atoms with E-state index in [1.165, 1.54) is 0 Å². The molecule has 0 radical (unpaired) electrons. The molecule has 114 valence electrons. The topological polar surface area (TPSA) is 42.3 Å². The number of aromatic nitrogens is 1. The van der Waals surface area contributed by atoms with Gasteiger partial charge in [0.1, 0.15) is 4.90 Å². The maximum Gasteiger partial charge on any atom is 0.244 e. The molecule has 0 aliphatic carbocycles. The van der Waals surface area contributed by atoms with E-state index in [0.717, 1.165) is 18.0 Å². The first kappa shape index (κ1) is 16.2. The lowest BCUT2D eigenvalue weighted by molar-refractivity contribution is 0.387. The highest BCUT2D eigenvalue weighted by atomic mass is 35.5. The second-order valence-corrected chi connectivity index (χ2v) is 9.54. The van der Waals surface area contributed by atoms with E-state index < -0.39 is 10.0 Å². The minimum Gasteiger partial charge on any atom is -0.349 e. The minimum absolute atomic E-state index is 0.0338. The lowest BCUT2D eigenvalue weighted by atomic mass is 10.2. The summed E-state index contributed by atoms with van der Waals surface area (Å²) in [4.78, 5) is 0.359. The number of sulfonamides is 1. The highest BCUT2D eigenvalue weighted by Gasteiger charge is 2.35. The van der Waals surface area contributed by atoms with Gasteiger partial charge in [-0.25, -0.2) is 8.42 Å². The van der Waals surface area contributed by atoms with Crippen LogP contribution in [0.4, 0.5) is 0 Å². The van der Waals surface area contributed by atoms with Crippen LogP contribution in [-0.4, -0.2) is 40.9 Å². The third-order valence-electron chi connectivity index (χ3n) is 3.47. The smallest absolute Gasteiger partial charge is 0.244 e. The Hall–Kier alpha value is -0.170. The first-order chi connectivity index (χ1) is 9.30. The molecule has 1 fully saturated rings. The number of nitrogens with zero attached hydrogens (tertiary/aromatic N) is 2. The van der Waals surface area contributed by atoms with Crippen LogP contribution in [0.25, 0.3) is 0 Å². The summed E-state index contributed by atoms with van der Waals surface area (Å²) in [6.07, 6.45) is 1.70. The molecule has 20 heavy (non-hydrogen) atoms. The van der Waals surface area contributed by atoms with E-state index in [1.54, 1.807) is 16.6 Å². The molecule has 0 amide bonds. The van der Waals surface area contributed by atoms with Crippen molar-refractivity contribution in [2.45, 2.75) is 42.8 Å². The quantitative estimate of drug-likeness (QED) is 0.794. The number of alkyl halides is 1. The number of hydrogen-bond acceptors (Lipinski definition) is 3. The summed E-state index contributed by atoms with van der Waals surface area (Å²) in [6.45, 7) is 7.99. The van der Waals surface area contributed by atoms with Crippen LogP contribution in [0.3, 0.4) is 0 Å². The van der Waals surface area contributed by atoms with Crippen LogP contribution in [-0.2, 0) is 22.4 Å². The second-order valence-electron chi connectivity index (χ2n) is 5.53. The molecule has 0 N–H and O–H groups in total. The fourth-order valence-electron chi connectivity index (χ4n) is 2.40. The van der Waals surface area contributed by atoms with Crippen molar-refractivity contribution in [3.63, 3.8) is 0 Å². The van der Waals surface area contributed by atoms with Crippen LogP contribution in [0.5, 0.6) is 0 Å². The van der Waals surface area contributed by atoms with Gasteiger partial charge in [0.05, 0.1) is 5.88 Å². The van der Waals surface area contributed by atoms with Gasteiger partial charge in [-0.05, 0) is 26.8 Å². The van der Waals surface area contributed by atoms with Crippen molar-refractivity contribution in [2.24, 2.45) is 0 Å². The SMILES string of the molecule is CCn1cc(S(=O)(=O)N2CCSC(C)(C)C2)cc1CCl. The lowest BCUT2D eigenvalue weighted by Crippen LogP contribution is -2.45. The standard InChI is InChI=1S/C13H21ClN2O2S2/c1-4-15-9-12(7-11(15)8-14)20(17,18)16-5-6-19-13(2,3)10-16/h7,9H,4-6,8,10H2,1-3H3. The monoisotopic (exact) mass is 336 g/mol. The number of rotatable bonds is 4. The summed E-state index contributed by atoms with van der Waals surface area (Å²) in [5.74, 6) is 1.16. The van der Waals surface area contributed by atoms with Crippen molar-refractivity contribution in [3.8, 4) is 0 Å². The molecule has 0 bridgehead atoms. The van der Waals surface area contributed by atoms with Crippen LogP contribution in [0.15, 0.2) is 17.2 Å². The van der Waals surface area contributed by atoms with Crippen LogP contribution < -0.4 is 0 Å². The zero-order chi connectivity index (χ0) is 15.0. The number of hydrogen-bond donors (Lipinski definition) is 0. The molecule has 2 rings (SSSR count). The van der Waals surface area contributed by atoms with Gasteiger partial charge in [-0.1, -0.05) is 0 Å². The molecule has 1 aliphatic rings. The Morgan fingerprint density at radius 3 is 2.65 bits per heavy atom. The lowest BCUT2D eigenvalue weighted by Gasteiger charge is -2.36. The van der Waals surface area contributed by atoms with Gasteiger partial charge in [0.15, 0.2) is 0 Å². The van der Waals surface area contributed by atoms with Gasteiger partial charge in [-0.2, -0.15) is 16.1 Å². The van der Waals surface area contributed by atoms with Crippen LogP contribution in [0, 0.1) is 0 Å². The Morgan fingerprint density at radius 1 is 1.45 bits per heavy atom. The van der Waals surface area contributed by atoms with Crippen molar-refractivity contribution in [2.75, 3.05) is 18.8 Å².